The zero-order valence-electron chi connectivity index (χ0n) is 11.9. The van der Waals surface area contributed by atoms with Crippen LogP contribution in [0.3, 0.4) is 0 Å². The third kappa shape index (κ3) is 4.36. The number of nitrogens with one attached hydrogen (secondary N) is 1. The number of aliphatic hydroxyl groups is 1. The summed E-state index contributed by atoms with van der Waals surface area (Å²) in [5, 5.41) is 14.9. The van der Waals surface area contributed by atoms with Gasteiger partial charge in [-0.25, -0.2) is 0 Å². The topological polar surface area (TPSA) is 32.3 Å². The summed E-state index contributed by atoms with van der Waals surface area (Å²) in [5.74, 6) is 0.889. The third-order valence-corrected chi connectivity index (χ3v) is 4.92. The molecule has 1 fully saturated rings. The second-order valence-electron chi connectivity index (χ2n) is 5.72. The third-order valence-electron chi connectivity index (χ3n) is 4.34. The van der Waals surface area contributed by atoms with Gasteiger partial charge in [-0.15, -0.1) is 0 Å². The number of aliphatic hydroxyl groups excluding tert-OH is 1. The molecule has 0 bridgehead atoms. The Balaban J connectivity index is 1.83. The molecule has 0 saturated heterocycles. The van der Waals surface area contributed by atoms with Crippen LogP contribution >= 0.6 is 23.2 Å². The fraction of sp³-hybridized carbons (Fsp3) is 0.625. The van der Waals surface area contributed by atoms with E-state index in [1.165, 1.54) is 32.1 Å². The summed E-state index contributed by atoms with van der Waals surface area (Å²) in [5.41, 5.74) is 0.703. The lowest BCUT2D eigenvalue weighted by molar-refractivity contribution is 0.162. The van der Waals surface area contributed by atoms with Crippen molar-refractivity contribution in [2.24, 2.45) is 5.92 Å². The van der Waals surface area contributed by atoms with Gasteiger partial charge in [0.2, 0.25) is 0 Å². The molecule has 2 nitrogen and oxygen atoms in total. The molecule has 1 aliphatic carbocycles. The maximum Gasteiger partial charge on any atom is 0.0929 e. The molecule has 0 radical (unpaired) electrons. The first-order chi connectivity index (χ1) is 9.60. The molecule has 2 N–H and O–H groups in total. The number of hydrogen-bond donors (Lipinski definition) is 2. The highest BCUT2D eigenvalue weighted by Gasteiger charge is 2.21. The van der Waals surface area contributed by atoms with Gasteiger partial charge in [-0.3, -0.25) is 0 Å². The molecule has 1 atom stereocenters. The second-order valence-corrected chi connectivity index (χ2v) is 6.56. The average molecular weight is 316 g/mol. The Morgan fingerprint density at radius 2 is 1.95 bits per heavy atom. The van der Waals surface area contributed by atoms with E-state index >= 15 is 0 Å². The fourth-order valence-electron chi connectivity index (χ4n) is 2.93. The van der Waals surface area contributed by atoms with E-state index in [9.17, 15) is 5.11 Å². The lowest BCUT2D eigenvalue weighted by atomic mass is 9.84. The van der Waals surface area contributed by atoms with Crippen LogP contribution in [0.4, 0.5) is 0 Å². The standard InChI is InChI=1S/C16H23Cl2NO/c1-2-11-3-6-13(7-4-11)19-10-16(20)14-9-12(17)5-8-15(14)18/h5,8-9,11,13,16,19-20H,2-4,6-7,10H2,1H3. The van der Waals surface area contributed by atoms with E-state index in [-0.39, 0.29) is 0 Å². The highest BCUT2D eigenvalue weighted by Crippen LogP contribution is 2.28. The maximum atomic E-state index is 10.2. The first-order valence-corrected chi connectivity index (χ1v) is 8.22. The van der Waals surface area contributed by atoms with E-state index in [2.05, 4.69) is 12.2 Å². The molecule has 0 spiro atoms. The molecule has 1 aliphatic rings. The highest BCUT2D eigenvalue weighted by molar-refractivity contribution is 6.33. The summed E-state index contributed by atoms with van der Waals surface area (Å²) in [7, 11) is 0. The van der Waals surface area contributed by atoms with E-state index in [0.717, 1.165) is 5.92 Å². The minimum atomic E-state index is -0.606. The Bertz CT molecular complexity index is 430. The van der Waals surface area contributed by atoms with E-state index in [1.807, 2.05) is 0 Å². The van der Waals surface area contributed by atoms with Crippen molar-refractivity contribution in [3.63, 3.8) is 0 Å². The van der Waals surface area contributed by atoms with Crippen molar-refractivity contribution < 1.29 is 5.11 Å². The van der Waals surface area contributed by atoms with Crippen LogP contribution in [-0.4, -0.2) is 17.7 Å². The smallest absolute Gasteiger partial charge is 0.0929 e. The van der Waals surface area contributed by atoms with Crippen LogP contribution in [0, 0.1) is 5.92 Å². The maximum absolute atomic E-state index is 10.2. The molecule has 1 aromatic carbocycles. The van der Waals surface area contributed by atoms with Gasteiger partial charge in [0.05, 0.1) is 6.10 Å². The van der Waals surface area contributed by atoms with Gasteiger partial charge in [0.15, 0.2) is 0 Å². The summed E-state index contributed by atoms with van der Waals surface area (Å²) in [6, 6.07) is 5.73. The summed E-state index contributed by atoms with van der Waals surface area (Å²) >= 11 is 12.1. The SMILES string of the molecule is CCC1CCC(NCC(O)c2cc(Cl)ccc2Cl)CC1. The molecule has 2 rings (SSSR count). The van der Waals surface area contributed by atoms with E-state index in [4.69, 9.17) is 23.2 Å². The zero-order valence-corrected chi connectivity index (χ0v) is 13.4. The monoisotopic (exact) mass is 315 g/mol. The molecule has 0 heterocycles. The lowest BCUT2D eigenvalue weighted by Gasteiger charge is -2.29. The molecule has 0 aromatic heterocycles. The quantitative estimate of drug-likeness (QED) is 0.833. The van der Waals surface area contributed by atoms with Gasteiger partial charge < -0.3 is 10.4 Å². The molecule has 1 saturated carbocycles. The van der Waals surface area contributed by atoms with Crippen LogP contribution in [0.25, 0.3) is 0 Å². The van der Waals surface area contributed by atoms with Crippen LogP contribution in [0.15, 0.2) is 18.2 Å². The Labute approximate surface area is 131 Å². The van der Waals surface area contributed by atoms with Gasteiger partial charge in [-0.1, -0.05) is 36.5 Å². The Hall–Kier alpha value is -0.280. The minimum Gasteiger partial charge on any atom is -0.387 e. The van der Waals surface area contributed by atoms with Crippen LogP contribution in [0.1, 0.15) is 50.7 Å². The fourth-order valence-corrected chi connectivity index (χ4v) is 3.36. The number of hydrogen-bond acceptors (Lipinski definition) is 2. The summed E-state index contributed by atoms with van der Waals surface area (Å²) < 4.78 is 0. The first-order valence-electron chi connectivity index (χ1n) is 7.46. The first kappa shape index (κ1) is 16.1. The van der Waals surface area contributed by atoms with Crippen LogP contribution < -0.4 is 5.32 Å². The van der Waals surface area contributed by atoms with Crippen molar-refractivity contribution in [2.45, 2.75) is 51.2 Å². The van der Waals surface area contributed by atoms with E-state index < -0.39 is 6.10 Å². The van der Waals surface area contributed by atoms with Crippen molar-refractivity contribution >= 4 is 23.2 Å². The van der Waals surface area contributed by atoms with Gasteiger partial charge >= 0.3 is 0 Å². The lowest BCUT2D eigenvalue weighted by Crippen LogP contribution is -2.35. The van der Waals surface area contributed by atoms with E-state index in [1.54, 1.807) is 18.2 Å². The van der Waals surface area contributed by atoms with Gasteiger partial charge in [0.1, 0.15) is 0 Å². The van der Waals surface area contributed by atoms with Crippen LogP contribution in [-0.2, 0) is 0 Å². The summed E-state index contributed by atoms with van der Waals surface area (Å²) in [4.78, 5) is 0. The van der Waals surface area contributed by atoms with Crippen molar-refractivity contribution in [2.75, 3.05) is 6.54 Å². The van der Waals surface area contributed by atoms with Crippen LogP contribution in [0.2, 0.25) is 10.0 Å². The van der Waals surface area contributed by atoms with Gasteiger partial charge in [0, 0.05) is 28.2 Å². The van der Waals surface area contributed by atoms with Gasteiger partial charge in [0.25, 0.3) is 0 Å². The molecular formula is C16H23Cl2NO. The zero-order chi connectivity index (χ0) is 14.5. The largest absolute Gasteiger partial charge is 0.387 e. The predicted octanol–water partition coefficient (Wildman–Crippen LogP) is 4.59. The molecule has 1 aromatic rings. The molecule has 0 aliphatic heterocycles. The number of halogens is 2. The van der Waals surface area contributed by atoms with Crippen molar-refractivity contribution in [1.29, 1.82) is 0 Å². The van der Waals surface area contributed by atoms with Gasteiger partial charge in [-0.05, 0) is 49.8 Å². The molecule has 112 valence electrons. The Morgan fingerprint density at radius 3 is 2.60 bits per heavy atom. The van der Waals surface area contributed by atoms with Crippen molar-refractivity contribution in [3.05, 3.63) is 33.8 Å². The minimum absolute atomic E-state index is 0.519. The molecular weight excluding hydrogens is 293 g/mol. The highest BCUT2D eigenvalue weighted by atomic mass is 35.5. The van der Waals surface area contributed by atoms with Crippen molar-refractivity contribution in [3.8, 4) is 0 Å². The van der Waals surface area contributed by atoms with Crippen molar-refractivity contribution in [1.82, 2.24) is 5.32 Å². The molecule has 4 heteroatoms. The normalized spacial score (nSPS) is 24.6. The molecule has 0 amide bonds. The Kier molecular flexibility index (Phi) is 6.16. The summed E-state index contributed by atoms with van der Waals surface area (Å²) in [6.07, 6.45) is 5.67. The van der Waals surface area contributed by atoms with Gasteiger partial charge in [-0.2, -0.15) is 0 Å². The number of benzene rings is 1. The molecule has 1 unspecified atom stereocenters. The summed E-state index contributed by atoms with van der Waals surface area (Å²) in [6.45, 7) is 2.80. The Morgan fingerprint density at radius 1 is 1.25 bits per heavy atom. The number of rotatable bonds is 5. The molecule has 20 heavy (non-hydrogen) atoms. The second kappa shape index (κ2) is 7.65. The predicted molar refractivity (Wildman–Crippen MR) is 85.5 cm³/mol. The average Bonchev–Trinajstić information content (AvgIpc) is 2.47. The van der Waals surface area contributed by atoms with E-state index in [0.29, 0.717) is 28.2 Å². The van der Waals surface area contributed by atoms with Crippen LogP contribution in [0.5, 0.6) is 0 Å².